The fraction of sp³-hybridized carbons (Fsp3) is 0.562. The van der Waals surface area contributed by atoms with Gasteiger partial charge in [-0.25, -0.2) is 0 Å². The molecule has 1 aromatic rings. The fourth-order valence-corrected chi connectivity index (χ4v) is 2.84. The molecule has 0 aromatic heterocycles. The van der Waals surface area contributed by atoms with Crippen LogP contribution in [0.2, 0.25) is 5.02 Å². The predicted octanol–water partition coefficient (Wildman–Crippen LogP) is 3.46. The molecule has 1 aliphatic carbocycles. The second kappa shape index (κ2) is 7.66. The van der Waals surface area contributed by atoms with Crippen molar-refractivity contribution in [2.75, 3.05) is 19.0 Å². The van der Waals surface area contributed by atoms with Gasteiger partial charge in [0.1, 0.15) is 0 Å². The average Bonchev–Trinajstić information content (AvgIpc) is 2.93. The van der Waals surface area contributed by atoms with E-state index in [0.29, 0.717) is 10.6 Å². The monoisotopic (exact) mass is 310 g/mol. The van der Waals surface area contributed by atoms with E-state index in [1.807, 2.05) is 6.07 Å². The van der Waals surface area contributed by atoms with Gasteiger partial charge in [-0.05, 0) is 43.9 Å². The van der Waals surface area contributed by atoms with E-state index in [-0.39, 0.29) is 18.1 Å². The van der Waals surface area contributed by atoms with Crippen LogP contribution in [-0.4, -0.2) is 31.7 Å². The minimum absolute atomic E-state index is 0.0714. The van der Waals surface area contributed by atoms with E-state index in [0.717, 1.165) is 37.9 Å². The molecular formula is C16H23ClN2O2. The summed E-state index contributed by atoms with van der Waals surface area (Å²) in [5, 5.41) is 6.93. The maximum Gasteiger partial charge on any atom is 0.253 e. The van der Waals surface area contributed by atoms with Gasteiger partial charge in [0.05, 0.1) is 11.7 Å². The van der Waals surface area contributed by atoms with Gasteiger partial charge < -0.3 is 15.4 Å². The summed E-state index contributed by atoms with van der Waals surface area (Å²) >= 11 is 6.03. The smallest absolute Gasteiger partial charge is 0.253 e. The van der Waals surface area contributed by atoms with Crippen LogP contribution in [0.1, 0.15) is 43.0 Å². The van der Waals surface area contributed by atoms with Crippen LogP contribution in [-0.2, 0) is 4.74 Å². The van der Waals surface area contributed by atoms with E-state index in [2.05, 4.69) is 17.6 Å². The van der Waals surface area contributed by atoms with Gasteiger partial charge in [-0.15, -0.1) is 0 Å². The first-order valence-corrected chi connectivity index (χ1v) is 7.89. The van der Waals surface area contributed by atoms with Gasteiger partial charge in [-0.2, -0.15) is 0 Å². The summed E-state index contributed by atoms with van der Waals surface area (Å²) in [6.07, 6.45) is 4.09. The lowest BCUT2D eigenvalue weighted by Crippen LogP contribution is -2.33. The minimum Gasteiger partial charge on any atom is -0.384 e. The predicted molar refractivity (Wildman–Crippen MR) is 86.1 cm³/mol. The number of hydrogen-bond donors (Lipinski definition) is 2. The van der Waals surface area contributed by atoms with Crippen molar-refractivity contribution in [1.29, 1.82) is 0 Å². The number of ether oxygens (including phenoxy) is 1. The molecule has 0 aliphatic heterocycles. The van der Waals surface area contributed by atoms with Crippen molar-refractivity contribution in [3.63, 3.8) is 0 Å². The van der Waals surface area contributed by atoms with Gasteiger partial charge in [0.15, 0.2) is 0 Å². The van der Waals surface area contributed by atoms with E-state index in [9.17, 15) is 4.79 Å². The molecule has 5 heteroatoms. The molecule has 1 saturated carbocycles. The summed E-state index contributed by atoms with van der Waals surface area (Å²) in [5.74, 6) is -0.0714. The largest absolute Gasteiger partial charge is 0.384 e. The van der Waals surface area contributed by atoms with Crippen molar-refractivity contribution in [3.8, 4) is 0 Å². The number of carbonyl (C=O) groups excluding carboxylic acids is 1. The van der Waals surface area contributed by atoms with Crippen molar-refractivity contribution in [2.45, 2.75) is 44.8 Å². The van der Waals surface area contributed by atoms with Crippen molar-refractivity contribution >= 4 is 23.2 Å². The van der Waals surface area contributed by atoms with Crippen molar-refractivity contribution in [2.24, 2.45) is 0 Å². The lowest BCUT2D eigenvalue weighted by molar-refractivity contribution is 0.0915. The Morgan fingerprint density at radius 1 is 1.43 bits per heavy atom. The molecule has 0 saturated heterocycles. The van der Waals surface area contributed by atoms with Gasteiger partial charge >= 0.3 is 0 Å². The molecule has 1 amide bonds. The molecular weight excluding hydrogens is 288 g/mol. The maximum absolute atomic E-state index is 12.5. The number of halogens is 1. The molecule has 0 heterocycles. The standard InChI is InChI=1S/C16H23ClN2O2/c1-3-8-18-15-7-4-11(17)9-14(15)16(20)19-12-5-6-13(10-12)21-2/h4,7,9,12-13,18H,3,5-6,8,10H2,1-2H3,(H,19,20). The molecule has 1 aromatic carbocycles. The van der Waals surface area contributed by atoms with Crippen molar-refractivity contribution in [3.05, 3.63) is 28.8 Å². The normalized spacial score (nSPS) is 21.3. The number of benzene rings is 1. The second-order valence-electron chi connectivity index (χ2n) is 5.46. The molecule has 2 atom stereocenters. The van der Waals surface area contributed by atoms with Crippen LogP contribution in [0, 0.1) is 0 Å². The first kappa shape index (κ1) is 16.1. The first-order valence-electron chi connectivity index (χ1n) is 7.51. The lowest BCUT2D eigenvalue weighted by atomic mass is 10.1. The Morgan fingerprint density at radius 3 is 2.90 bits per heavy atom. The van der Waals surface area contributed by atoms with Gasteiger partial charge in [0.2, 0.25) is 0 Å². The van der Waals surface area contributed by atoms with Crippen LogP contribution in [0.25, 0.3) is 0 Å². The van der Waals surface area contributed by atoms with Crippen LogP contribution >= 0.6 is 11.6 Å². The van der Waals surface area contributed by atoms with Crippen LogP contribution < -0.4 is 10.6 Å². The van der Waals surface area contributed by atoms with Crippen molar-refractivity contribution in [1.82, 2.24) is 5.32 Å². The number of nitrogens with one attached hydrogen (secondary N) is 2. The van der Waals surface area contributed by atoms with Crippen molar-refractivity contribution < 1.29 is 9.53 Å². The molecule has 0 radical (unpaired) electrons. The highest BCUT2D eigenvalue weighted by molar-refractivity contribution is 6.31. The number of methoxy groups -OCH3 is 1. The Bertz CT molecular complexity index is 493. The summed E-state index contributed by atoms with van der Waals surface area (Å²) in [6.45, 7) is 2.92. The Labute approximate surface area is 131 Å². The molecule has 4 nitrogen and oxygen atoms in total. The number of rotatable bonds is 6. The summed E-state index contributed by atoms with van der Waals surface area (Å²) in [4.78, 5) is 12.5. The van der Waals surface area contributed by atoms with E-state index in [1.165, 1.54) is 0 Å². The number of carbonyl (C=O) groups is 1. The maximum atomic E-state index is 12.5. The zero-order chi connectivity index (χ0) is 15.2. The van der Waals surface area contributed by atoms with E-state index in [1.54, 1.807) is 19.2 Å². The molecule has 1 aliphatic rings. The highest BCUT2D eigenvalue weighted by Crippen LogP contribution is 2.24. The summed E-state index contributed by atoms with van der Waals surface area (Å²) in [5.41, 5.74) is 1.44. The quantitative estimate of drug-likeness (QED) is 0.846. The third kappa shape index (κ3) is 4.35. The van der Waals surface area contributed by atoms with Crippen LogP contribution in [0.3, 0.4) is 0 Å². The lowest BCUT2D eigenvalue weighted by Gasteiger charge is -2.16. The topological polar surface area (TPSA) is 50.4 Å². The molecule has 21 heavy (non-hydrogen) atoms. The zero-order valence-corrected chi connectivity index (χ0v) is 13.4. The van der Waals surface area contributed by atoms with Gasteiger partial charge in [-0.3, -0.25) is 4.79 Å². The summed E-state index contributed by atoms with van der Waals surface area (Å²) in [7, 11) is 1.72. The highest BCUT2D eigenvalue weighted by atomic mass is 35.5. The third-order valence-electron chi connectivity index (χ3n) is 3.84. The molecule has 0 bridgehead atoms. The zero-order valence-electron chi connectivity index (χ0n) is 12.6. The Kier molecular flexibility index (Phi) is 5.88. The second-order valence-corrected chi connectivity index (χ2v) is 5.89. The van der Waals surface area contributed by atoms with Crippen LogP contribution in [0.15, 0.2) is 18.2 Å². The van der Waals surface area contributed by atoms with Crippen LogP contribution in [0.4, 0.5) is 5.69 Å². The molecule has 2 unspecified atom stereocenters. The average molecular weight is 311 g/mol. The number of hydrogen-bond acceptors (Lipinski definition) is 3. The van der Waals surface area contributed by atoms with Gasteiger partial charge in [0, 0.05) is 30.4 Å². The fourth-order valence-electron chi connectivity index (χ4n) is 2.67. The highest BCUT2D eigenvalue weighted by Gasteiger charge is 2.26. The number of anilines is 1. The first-order chi connectivity index (χ1) is 10.1. The molecule has 2 N–H and O–H groups in total. The van der Waals surface area contributed by atoms with Gasteiger partial charge in [-0.1, -0.05) is 18.5 Å². The molecule has 116 valence electrons. The molecule has 0 spiro atoms. The van der Waals surface area contributed by atoms with Crippen LogP contribution in [0.5, 0.6) is 0 Å². The van der Waals surface area contributed by atoms with E-state index < -0.39 is 0 Å². The summed E-state index contributed by atoms with van der Waals surface area (Å²) in [6, 6.07) is 5.56. The Balaban J connectivity index is 2.05. The minimum atomic E-state index is -0.0714. The van der Waals surface area contributed by atoms with E-state index >= 15 is 0 Å². The third-order valence-corrected chi connectivity index (χ3v) is 4.08. The molecule has 2 rings (SSSR count). The molecule has 1 fully saturated rings. The Morgan fingerprint density at radius 2 is 2.24 bits per heavy atom. The summed E-state index contributed by atoms with van der Waals surface area (Å²) < 4.78 is 5.34. The van der Waals surface area contributed by atoms with Gasteiger partial charge in [0.25, 0.3) is 5.91 Å². The Hall–Kier alpha value is -1.26. The number of amides is 1. The SMILES string of the molecule is CCCNc1ccc(Cl)cc1C(=O)NC1CCC(OC)C1. The van der Waals surface area contributed by atoms with E-state index in [4.69, 9.17) is 16.3 Å².